The van der Waals surface area contributed by atoms with Gasteiger partial charge in [0, 0.05) is 16.8 Å². The monoisotopic (exact) mass is 374 g/mol. The molecular formula is C23H19ClN2O. The molecule has 0 aromatic heterocycles. The van der Waals surface area contributed by atoms with Crippen molar-refractivity contribution in [3.63, 3.8) is 0 Å². The van der Waals surface area contributed by atoms with Crippen LogP contribution in [0.15, 0.2) is 90.4 Å². The van der Waals surface area contributed by atoms with Crippen LogP contribution in [0.3, 0.4) is 0 Å². The maximum absolute atomic E-state index is 12.4. The van der Waals surface area contributed by atoms with Crippen molar-refractivity contribution in [2.75, 3.05) is 5.32 Å². The highest BCUT2D eigenvalue weighted by atomic mass is 35.5. The fourth-order valence-electron chi connectivity index (χ4n) is 2.63. The lowest BCUT2D eigenvalue weighted by atomic mass is 10.1. The van der Waals surface area contributed by atoms with E-state index in [4.69, 9.17) is 11.6 Å². The van der Waals surface area contributed by atoms with Gasteiger partial charge in [0.25, 0.3) is 5.91 Å². The lowest BCUT2D eigenvalue weighted by Gasteiger charge is -2.10. The summed E-state index contributed by atoms with van der Waals surface area (Å²) in [6.45, 7) is 5.86. The second-order valence-corrected chi connectivity index (χ2v) is 6.41. The molecule has 0 unspecified atom stereocenters. The highest BCUT2D eigenvalue weighted by Gasteiger charge is 2.10. The van der Waals surface area contributed by atoms with Crippen LogP contribution in [-0.4, -0.2) is 11.6 Å². The van der Waals surface area contributed by atoms with Gasteiger partial charge < -0.3 is 5.32 Å². The van der Waals surface area contributed by atoms with E-state index in [1.54, 1.807) is 30.3 Å². The minimum atomic E-state index is -0.181. The van der Waals surface area contributed by atoms with Crippen molar-refractivity contribution < 1.29 is 4.79 Å². The summed E-state index contributed by atoms with van der Waals surface area (Å²) in [6, 6.07) is 22.2. The van der Waals surface area contributed by atoms with E-state index in [9.17, 15) is 4.79 Å². The number of amides is 1. The van der Waals surface area contributed by atoms with Crippen molar-refractivity contribution in [1.29, 1.82) is 0 Å². The minimum absolute atomic E-state index is 0.181. The zero-order valence-corrected chi connectivity index (χ0v) is 15.7. The summed E-state index contributed by atoms with van der Waals surface area (Å²) >= 11 is 6.39. The van der Waals surface area contributed by atoms with Gasteiger partial charge in [-0.2, -0.15) is 0 Å². The molecule has 3 aromatic rings. The number of aliphatic imine (C=N–C) groups is 1. The Hall–Kier alpha value is -3.17. The number of allylic oxidation sites excluding steroid dienone is 1. The molecule has 0 heterocycles. The maximum Gasteiger partial charge on any atom is 0.255 e. The third-order valence-electron chi connectivity index (χ3n) is 4.09. The Morgan fingerprint density at radius 2 is 1.74 bits per heavy atom. The summed E-state index contributed by atoms with van der Waals surface area (Å²) < 4.78 is 0. The number of rotatable bonds is 5. The number of para-hydroxylation sites is 1. The molecule has 0 radical (unpaired) electrons. The van der Waals surface area contributed by atoms with Crippen LogP contribution in [0.4, 0.5) is 11.4 Å². The van der Waals surface area contributed by atoms with Crippen molar-refractivity contribution >= 4 is 34.6 Å². The molecule has 0 aliphatic heterocycles. The van der Waals surface area contributed by atoms with E-state index in [2.05, 4.69) is 16.9 Å². The Balaban J connectivity index is 1.94. The van der Waals surface area contributed by atoms with E-state index in [1.807, 2.05) is 55.5 Å². The van der Waals surface area contributed by atoms with Crippen LogP contribution < -0.4 is 5.32 Å². The second kappa shape index (κ2) is 8.47. The van der Waals surface area contributed by atoms with Crippen LogP contribution >= 0.6 is 11.6 Å². The van der Waals surface area contributed by atoms with Gasteiger partial charge in [-0.05, 0) is 55.0 Å². The van der Waals surface area contributed by atoms with Crippen molar-refractivity contribution in [3.05, 3.63) is 107 Å². The lowest BCUT2D eigenvalue weighted by molar-refractivity contribution is 0.102. The average molecular weight is 375 g/mol. The standard InChI is InChI=1S/C23H19ClN2O/c1-3-21(26-22-12-8-7-9-16(22)2)19-15-18(13-14-20(19)24)25-23(27)17-10-5-4-6-11-17/h3-15H,1H2,2H3,(H,25,27). The van der Waals surface area contributed by atoms with Gasteiger partial charge in [0.05, 0.1) is 16.4 Å². The van der Waals surface area contributed by atoms with Gasteiger partial charge in [-0.3, -0.25) is 4.79 Å². The molecule has 0 spiro atoms. The number of anilines is 1. The Kier molecular flexibility index (Phi) is 5.84. The third kappa shape index (κ3) is 4.52. The Morgan fingerprint density at radius 3 is 2.44 bits per heavy atom. The number of halogens is 1. The number of hydrogen-bond donors (Lipinski definition) is 1. The van der Waals surface area contributed by atoms with Crippen LogP contribution in [0.5, 0.6) is 0 Å². The molecule has 0 fully saturated rings. The normalized spacial score (nSPS) is 11.1. The molecule has 0 atom stereocenters. The number of hydrogen-bond acceptors (Lipinski definition) is 2. The predicted octanol–water partition coefficient (Wildman–Crippen LogP) is 6.21. The Labute approximate surface area is 164 Å². The second-order valence-electron chi connectivity index (χ2n) is 6.00. The zero-order chi connectivity index (χ0) is 19.2. The molecule has 134 valence electrons. The van der Waals surface area contributed by atoms with Crippen LogP contribution in [0.25, 0.3) is 0 Å². The first-order valence-corrected chi connectivity index (χ1v) is 8.89. The summed E-state index contributed by atoms with van der Waals surface area (Å²) in [6.07, 6.45) is 1.66. The fourth-order valence-corrected chi connectivity index (χ4v) is 2.84. The number of benzene rings is 3. The number of carbonyl (C=O) groups is 1. The van der Waals surface area contributed by atoms with Crippen molar-refractivity contribution in [2.45, 2.75) is 6.92 Å². The lowest BCUT2D eigenvalue weighted by Crippen LogP contribution is -2.12. The smallest absolute Gasteiger partial charge is 0.255 e. The van der Waals surface area contributed by atoms with E-state index in [0.717, 1.165) is 11.3 Å². The highest BCUT2D eigenvalue weighted by molar-refractivity contribution is 6.35. The first-order chi connectivity index (χ1) is 13.1. The van der Waals surface area contributed by atoms with Gasteiger partial charge in [0.15, 0.2) is 0 Å². The molecule has 0 aliphatic rings. The van der Waals surface area contributed by atoms with E-state index >= 15 is 0 Å². The number of carbonyl (C=O) groups excluding carboxylic acids is 1. The molecule has 0 saturated heterocycles. The Bertz CT molecular complexity index is 1010. The van der Waals surface area contributed by atoms with Gasteiger partial charge in [-0.15, -0.1) is 0 Å². The maximum atomic E-state index is 12.4. The number of nitrogens with one attached hydrogen (secondary N) is 1. The van der Waals surface area contributed by atoms with Crippen LogP contribution in [-0.2, 0) is 0 Å². The van der Waals surface area contributed by atoms with E-state index in [1.165, 1.54) is 0 Å². The first-order valence-electron chi connectivity index (χ1n) is 8.51. The molecule has 3 rings (SSSR count). The van der Waals surface area contributed by atoms with Crippen LogP contribution in [0.2, 0.25) is 5.02 Å². The largest absolute Gasteiger partial charge is 0.322 e. The van der Waals surface area contributed by atoms with Gasteiger partial charge >= 0.3 is 0 Å². The summed E-state index contributed by atoms with van der Waals surface area (Å²) in [5, 5.41) is 3.43. The molecule has 1 amide bonds. The van der Waals surface area contributed by atoms with Gasteiger partial charge in [0.2, 0.25) is 0 Å². The predicted molar refractivity (Wildman–Crippen MR) is 113 cm³/mol. The van der Waals surface area contributed by atoms with Crippen molar-refractivity contribution in [1.82, 2.24) is 0 Å². The zero-order valence-electron chi connectivity index (χ0n) is 14.9. The van der Waals surface area contributed by atoms with Gasteiger partial charge in [0.1, 0.15) is 0 Å². The van der Waals surface area contributed by atoms with E-state index in [0.29, 0.717) is 27.5 Å². The van der Waals surface area contributed by atoms with Crippen LogP contribution in [0, 0.1) is 6.92 Å². The molecule has 27 heavy (non-hydrogen) atoms. The SMILES string of the molecule is C=CC(=Nc1ccccc1C)c1cc(NC(=O)c2ccccc2)ccc1Cl. The summed E-state index contributed by atoms with van der Waals surface area (Å²) in [4.78, 5) is 17.1. The number of nitrogens with zero attached hydrogens (tertiary/aromatic N) is 1. The van der Waals surface area contributed by atoms with Gasteiger partial charge in [-0.1, -0.05) is 54.6 Å². The van der Waals surface area contributed by atoms with Crippen molar-refractivity contribution in [3.8, 4) is 0 Å². The number of aryl methyl sites for hydroxylation is 1. The molecule has 0 bridgehead atoms. The minimum Gasteiger partial charge on any atom is -0.322 e. The third-order valence-corrected chi connectivity index (χ3v) is 4.42. The van der Waals surface area contributed by atoms with Gasteiger partial charge in [-0.25, -0.2) is 4.99 Å². The molecule has 3 aromatic carbocycles. The molecular weight excluding hydrogens is 356 g/mol. The van der Waals surface area contributed by atoms with Crippen molar-refractivity contribution in [2.24, 2.45) is 4.99 Å². The summed E-state index contributed by atoms with van der Waals surface area (Å²) in [5.74, 6) is -0.181. The molecule has 0 saturated carbocycles. The van der Waals surface area contributed by atoms with Crippen LogP contribution in [0.1, 0.15) is 21.5 Å². The topological polar surface area (TPSA) is 41.5 Å². The molecule has 3 nitrogen and oxygen atoms in total. The Morgan fingerprint density at radius 1 is 1.04 bits per heavy atom. The fraction of sp³-hybridized carbons (Fsp3) is 0.0435. The molecule has 1 N–H and O–H groups in total. The quantitative estimate of drug-likeness (QED) is 0.530. The van der Waals surface area contributed by atoms with E-state index < -0.39 is 0 Å². The summed E-state index contributed by atoms with van der Waals surface area (Å²) in [5.41, 5.74) is 4.49. The average Bonchev–Trinajstić information content (AvgIpc) is 2.70. The molecule has 0 aliphatic carbocycles. The molecule has 4 heteroatoms. The summed E-state index contributed by atoms with van der Waals surface area (Å²) in [7, 11) is 0. The van der Waals surface area contributed by atoms with E-state index in [-0.39, 0.29) is 5.91 Å². The first kappa shape index (κ1) is 18.6. The highest BCUT2D eigenvalue weighted by Crippen LogP contribution is 2.25.